The third-order valence-corrected chi connectivity index (χ3v) is 9.35. The number of benzene rings is 1. The molecule has 240 valence electrons. The topological polar surface area (TPSA) is 81.5 Å². The summed E-state index contributed by atoms with van der Waals surface area (Å²) >= 11 is 0. The lowest BCUT2D eigenvalue weighted by Crippen LogP contribution is -2.50. The fourth-order valence-corrected chi connectivity index (χ4v) is 6.95. The standard InChI is InChI=1S/C33H41F2N3O4.C2H6/c1-21(27(39)10-14-32(2,3)4)33(12-6-5-7-13-33)30(40)23-11-15-37-24(17-23)19-38-29(37)18-28(36-31(38)41)42-20-22-8-9-25(34)26(35)16-22;1-2/h8-10,14,16,18,21,23-24H,5-7,11-13,15,17,19-20H2,1-4H3;1-2H3/b14-10-;. The van der Waals surface area contributed by atoms with Gasteiger partial charge in [0.15, 0.2) is 17.4 Å². The number of carbonyl (C=O) groups excluding carboxylic acids is 2. The monoisotopic (exact) mass is 611 g/mol. The first-order valence-electron chi connectivity index (χ1n) is 16.1. The van der Waals surface area contributed by atoms with Crippen LogP contribution in [-0.4, -0.2) is 33.7 Å². The predicted octanol–water partition coefficient (Wildman–Crippen LogP) is 7.05. The maximum absolute atomic E-state index is 14.3. The van der Waals surface area contributed by atoms with E-state index in [9.17, 15) is 23.2 Å². The molecule has 1 saturated heterocycles. The Labute approximate surface area is 259 Å². The van der Waals surface area contributed by atoms with Crippen molar-refractivity contribution in [1.29, 1.82) is 0 Å². The minimum Gasteiger partial charge on any atom is -0.473 e. The van der Waals surface area contributed by atoms with Crippen molar-refractivity contribution in [3.63, 3.8) is 0 Å². The van der Waals surface area contributed by atoms with Gasteiger partial charge >= 0.3 is 5.69 Å². The van der Waals surface area contributed by atoms with Gasteiger partial charge in [0.2, 0.25) is 5.88 Å². The highest BCUT2D eigenvalue weighted by Gasteiger charge is 2.50. The van der Waals surface area contributed by atoms with Crippen LogP contribution in [0.1, 0.15) is 92.1 Å². The molecule has 1 aromatic carbocycles. The molecule has 0 bridgehead atoms. The first kappa shape index (κ1) is 33.5. The SMILES string of the molecule is CC.CC(C(=O)/C=C\C(C)(C)C)C1(C(=O)C2CCN3c4cc(OCc5ccc(F)c(F)c5)nc(=O)n4CC3C2)CCCCC1. The van der Waals surface area contributed by atoms with Gasteiger partial charge in [0.25, 0.3) is 0 Å². The summed E-state index contributed by atoms with van der Waals surface area (Å²) in [7, 11) is 0. The van der Waals surface area contributed by atoms with Crippen LogP contribution >= 0.6 is 0 Å². The molecule has 7 nitrogen and oxygen atoms in total. The summed E-state index contributed by atoms with van der Waals surface area (Å²) in [4.78, 5) is 46.8. The number of Topliss-reactive ketones (excluding diaryl/α,β-unsaturated/α-hetero) is 1. The van der Waals surface area contributed by atoms with Crippen molar-refractivity contribution in [2.75, 3.05) is 11.4 Å². The van der Waals surface area contributed by atoms with Crippen LogP contribution in [0.3, 0.4) is 0 Å². The lowest BCUT2D eigenvalue weighted by atomic mass is 9.59. The Morgan fingerprint density at radius 1 is 1.11 bits per heavy atom. The summed E-state index contributed by atoms with van der Waals surface area (Å²) < 4.78 is 34.1. The van der Waals surface area contributed by atoms with E-state index in [2.05, 4.69) is 30.7 Å². The van der Waals surface area contributed by atoms with Crippen LogP contribution in [0.5, 0.6) is 5.88 Å². The molecule has 1 aromatic heterocycles. The van der Waals surface area contributed by atoms with Crippen molar-refractivity contribution in [1.82, 2.24) is 9.55 Å². The largest absolute Gasteiger partial charge is 0.473 e. The number of fused-ring (bicyclic) bond motifs is 3. The second-order valence-corrected chi connectivity index (χ2v) is 13.4. The Balaban J connectivity index is 0.00000216. The zero-order valence-corrected chi connectivity index (χ0v) is 27.0. The van der Waals surface area contributed by atoms with E-state index in [1.807, 2.05) is 26.8 Å². The molecule has 0 N–H and O–H groups in total. The zero-order valence-electron chi connectivity index (χ0n) is 27.0. The molecule has 2 aromatic rings. The average Bonchev–Trinajstić information content (AvgIpc) is 3.39. The van der Waals surface area contributed by atoms with E-state index < -0.39 is 22.7 Å². The van der Waals surface area contributed by atoms with Crippen LogP contribution in [0.15, 0.2) is 41.2 Å². The number of hydrogen-bond donors (Lipinski definition) is 0. The van der Waals surface area contributed by atoms with Crippen molar-refractivity contribution >= 4 is 17.4 Å². The van der Waals surface area contributed by atoms with Gasteiger partial charge in [-0.25, -0.2) is 13.6 Å². The number of rotatable bonds is 8. The van der Waals surface area contributed by atoms with Crippen molar-refractivity contribution in [3.05, 3.63) is 64.1 Å². The Hall–Kier alpha value is -3.36. The molecular formula is C35H47F2N3O4. The quantitative estimate of drug-likeness (QED) is 0.298. The predicted molar refractivity (Wildman–Crippen MR) is 168 cm³/mol. The molecule has 0 radical (unpaired) electrons. The highest BCUT2D eigenvalue weighted by Crippen LogP contribution is 2.48. The molecule has 2 fully saturated rings. The van der Waals surface area contributed by atoms with Crippen molar-refractivity contribution < 1.29 is 23.1 Å². The Morgan fingerprint density at radius 3 is 2.48 bits per heavy atom. The fraction of sp³-hybridized carbons (Fsp3) is 0.600. The Kier molecular flexibility index (Phi) is 10.5. The maximum Gasteiger partial charge on any atom is 0.352 e. The first-order chi connectivity index (χ1) is 20.9. The number of hydrogen-bond acceptors (Lipinski definition) is 6. The minimum absolute atomic E-state index is 0.0272. The van der Waals surface area contributed by atoms with Crippen LogP contribution in [0, 0.1) is 34.3 Å². The van der Waals surface area contributed by atoms with E-state index in [4.69, 9.17) is 4.74 Å². The van der Waals surface area contributed by atoms with E-state index in [1.165, 1.54) is 6.07 Å². The maximum atomic E-state index is 14.3. The number of allylic oxidation sites excluding steroid dienone is 2. The van der Waals surface area contributed by atoms with Crippen molar-refractivity contribution in [2.45, 2.75) is 106 Å². The van der Waals surface area contributed by atoms with Crippen LogP contribution in [-0.2, 0) is 22.7 Å². The highest BCUT2D eigenvalue weighted by molar-refractivity contribution is 5.98. The highest BCUT2D eigenvalue weighted by atomic mass is 19.2. The van der Waals surface area contributed by atoms with Gasteiger partial charge in [-0.05, 0) is 54.9 Å². The van der Waals surface area contributed by atoms with Gasteiger partial charge in [-0.1, -0.05) is 72.9 Å². The lowest BCUT2D eigenvalue weighted by molar-refractivity contribution is -0.144. The molecule has 3 atom stereocenters. The van der Waals surface area contributed by atoms with Crippen LogP contribution in [0.25, 0.3) is 0 Å². The number of nitrogens with zero attached hydrogens (tertiary/aromatic N) is 3. The van der Waals surface area contributed by atoms with Gasteiger partial charge in [0.05, 0.1) is 0 Å². The molecule has 2 aliphatic heterocycles. The molecule has 5 rings (SSSR count). The van der Waals surface area contributed by atoms with E-state index in [1.54, 1.807) is 16.7 Å². The summed E-state index contributed by atoms with van der Waals surface area (Å²) in [5.41, 5.74) is -0.777. The van der Waals surface area contributed by atoms with E-state index in [0.29, 0.717) is 37.3 Å². The number of ether oxygens (including phenoxy) is 1. The molecule has 1 aliphatic carbocycles. The van der Waals surface area contributed by atoms with Gasteiger partial charge in [-0.2, -0.15) is 4.98 Å². The third kappa shape index (κ3) is 7.13. The second kappa shape index (κ2) is 13.7. The molecule has 44 heavy (non-hydrogen) atoms. The second-order valence-electron chi connectivity index (χ2n) is 13.4. The Morgan fingerprint density at radius 2 is 1.82 bits per heavy atom. The van der Waals surface area contributed by atoms with Crippen LogP contribution in [0.2, 0.25) is 0 Å². The van der Waals surface area contributed by atoms with Crippen LogP contribution in [0.4, 0.5) is 14.6 Å². The summed E-state index contributed by atoms with van der Waals surface area (Å²) in [6, 6.07) is 5.18. The number of piperidine rings is 1. The first-order valence-corrected chi connectivity index (χ1v) is 16.1. The smallest absolute Gasteiger partial charge is 0.352 e. The summed E-state index contributed by atoms with van der Waals surface area (Å²) in [5, 5.41) is 0. The van der Waals surface area contributed by atoms with E-state index >= 15 is 0 Å². The van der Waals surface area contributed by atoms with E-state index in [-0.39, 0.29) is 47.3 Å². The Bertz CT molecular complexity index is 1440. The summed E-state index contributed by atoms with van der Waals surface area (Å²) in [5.74, 6) is -1.40. The van der Waals surface area contributed by atoms with Crippen molar-refractivity contribution in [3.8, 4) is 5.88 Å². The minimum atomic E-state index is -0.964. The van der Waals surface area contributed by atoms with Gasteiger partial charge in [-0.3, -0.25) is 14.2 Å². The van der Waals surface area contributed by atoms with Gasteiger partial charge < -0.3 is 9.64 Å². The van der Waals surface area contributed by atoms with Gasteiger partial charge in [0.1, 0.15) is 18.2 Å². The molecule has 9 heteroatoms. The number of anilines is 1. The van der Waals surface area contributed by atoms with Gasteiger partial charge in [-0.15, -0.1) is 0 Å². The molecule has 3 aliphatic rings. The summed E-state index contributed by atoms with van der Waals surface area (Å²) in [6.07, 6.45) is 9.36. The third-order valence-electron chi connectivity index (χ3n) is 9.35. The van der Waals surface area contributed by atoms with Crippen LogP contribution < -0.4 is 15.3 Å². The number of aromatic nitrogens is 2. The lowest BCUT2D eigenvalue weighted by Gasteiger charge is -2.44. The van der Waals surface area contributed by atoms with E-state index in [0.717, 1.165) is 44.2 Å². The molecule has 0 amide bonds. The molecular weight excluding hydrogens is 564 g/mol. The molecule has 3 unspecified atom stereocenters. The molecule has 3 heterocycles. The average molecular weight is 612 g/mol. The number of halogens is 2. The normalized spacial score (nSPS) is 21.6. The van der Waals surface area contributed by atoms with Gasteiger partial charge in [0, 0.05) is 42.4 Å². The number of ketones is 2. The number of carbonyl (C=O) groups is 2. The zero-order chi connectivity index (χ0) is 32.2. The molecule has 1 saturated carbocycles. The fourth-order valence-electron chi connectivity index (χ4n) is 6.95. The summed E-state index contributed by atoms with van der Waals surface area (Å²) in [6.45, 7) is 13.1. The van der Waals surface area contributed by atoms with Crippen molar-refractivity contribution in [2.24, 2.45) is 22.7 Å². The molecule has 0 spiro atoms.